The first kappa shape index (κ1) is 35.5. The topological polar surface area (TPSA) is 136 Å². The maximum atomic E-state index is 12.3. The highest BCUT2D eigenvalue weighted by Gasteiger charge is 2.12. The van der Waals surface area contributed by atoms with E-state index in [2.05, 4.69) is 20.4 Å². The molecule has 2 N–H and O–H groups in total. The van der Waals surface area contributed by atoms with Gasteiger partial charge in [-0.3, -0.25) is 10.6 Å². The van der Waals surface area contributed by atoms with Crippen molar-refractivity contribution in [3.05, 3.63) is 83.9 Å². The molecule has 0 fully saturated rings. The van der Waals surface area contributed by atoms with Gasteiger partial charge in [0.1, 0.15) is 24.7 Å². The fourth-order valence-corrected chi connectivity index (χ4v) is 4.24. The summed E-state index contributed by atoms with van der Waals surface area (Å²) in [4.78, 5) is 53.5. The summed E-state index contributed by atoms with van der Waals surface area (Å²) in [5, 5.41) is 5.18. The number of anilines is 2. The van der Waals surface area contributed by atoms with Crippen LogP contribution in [-0.2, 0) is 9.47 Å². The van der Waals surface area contributed by atoms with Gasteiger partial charge in [0.2, 0.25) is 0 Å². The molecular weight excluding hydrogens is 592 g/mol. The van der Waals surface area contributed by atoms with Crippen molar-refractivity contribution in [2.75, 3.05) is 63.1 Å². The first-order chi connectivity index (χ1) is 22.2. The van der Waals surface area contributed by atoms with E-state index in [0.29, 0.717) is 48.8 Å². The zero-order valence-corrected chi connectivity index (χ0v) is 26.7. The third-order valence-corrected chi connectivity index (χ3v) is 7.05. The minimum Gasteiger partial charge on any atom is -0.461 e. The Balaban J connectivity index is 1.40. The van der Waals surface area contributed by atoms with Crippen LogP contribution in [0.3, 0.4) is 0 Å². The Morgan fingerprint density at radius 3 is 1.15 bits per heavy atom. The van der Waals surface area contributed by atoms with Crippen LogP contribution in [0.25, 0.3) is 0 Å². The molecule has 0 bridgehead atoms. The lowest BCUT2D eigenvalue weighted by molar-refractivity contribution is 0.0457. The van der Waals surface area contributed by atoms with Gasteiger partial charge in [0.05, 0.1) is 11.1 Å². The highest BCUT2D eigenvalue weighted by Crippen LogP contribution is 2.20. The van der Waals surface area contributed by atoms with Crippen LogP contribution >= 0.6 is 0 Å². The summed E-state index contributed by atoms with van der Waals surface area (Å²) in [5.74, 6) is -0.431. The highest BCUT2D eigenvalue weighted by molar-refractivity contribution is 5.92. The van der Waals surface area contributed by atoms with E-state index in [0.717, 1.165) is 26.2 Å². The third kappa shape index (κ3) is 11.9. The highest BCUT2D eigenvalue weighted by atomic mass is 16.6. The number of carbonyl (C=O) groups excluding carboxylic acids is 4. The molecule has 0 aliphatic rings. The van der Waals surface area contributed by atoms with Crippen molar-refractivity contribution in [1.82, 2.24) is 9.80 Å². The minimum absolute atomic E-state index is 0.221. The largest absolute Gasteiger partial charge is 0.461 e. The molecule has 0 aromatic heterocycles. The lowest BCUT2D eigenvalue weighted by atomic mass is 10.2. The zero-order chi connectivity index (χ0) is 33.3. The van der Waals surface area contributed by atoms with Gasteiger partial charge in [0, 0.05) is 24.5 Å². The molecule has 2 amide bonds. The fraction of sp³-hybridized carbons (Fsp3) is 0.353. The number of hydrogen-bond acceptors (Lipinski definition) is 10. The SMILES string of the molecule is CCN(CC)CCOC(=O)c1ccc(NC(=O)Oc2ccc(OC(=O)Nc3ccc(C(=O)OCCN(CC)CC)cc3)cc2)cc1. The van der Waals surface area contributed by atoms with Crippen LogP contribution < -0.4 is 20.1 Å². The number of benzene rings is 3. The minimum atomic E-state index is -0.739. The Hall–Kier alpha value is -4.94. The van der Waals surface area contributed by atoms with E-state index in [9.17, 15) is 19.2 Å². The molecule has 3 rings (SSSR count). The molecule has 246 valence electrons. The predicted octanol–water partition coefficient (Wildman–Crippen LogP) is 5.91. The molecule has 0 heterocycles. The molecule has 0 saturated heterocycles. The lowest BCUT2D eigenvalue weighted by Gasteiger charge is -2.17. The van der Waals surface area contributed by atoms with Gasteiger partial charge in [0.15, 0.2) is 0 Å². The summed E-state index contributed by atoms with van der Waals surface area (Å²) in [7, 11) is 0. The average Bonchev–Trinajstić information content (AvgIpc) is 3.06. The number of nitrogens with zero attached hydrogens (tertiary/aromatic N) is 2. The summed E-state index contributed by atoms with van der Waals surface area (Å²) < 4.78 is 21.2. The Kier molecular flexibility index (Phi) is 14.5. The molecule has 0 atom stereocenters. The van der Waals surface area contributed by atoms with Crippen molar-refractivity contribution < 1.29 is 38.1 Å². The van der Waals surface area contributed by atoms with E-state index in [1.807, 2.05) is 27.7 Å². The summed E-state index contributed by atoms with van der Waals surface area (Å²) >= 11 is 0. The van der Waals surface area contributed by atoms with Crippen molar-refractivity contribution in [1.29, 1.82) is 0 Å². The number of nitrogens with one attached hydrogen (secondary N) is 2. The number of esters is 2. The molecule has 0 aliphatic heterocycles. The summed E-state index contributed by atoms with van der Waals surface area (Å²) in [6.45, 7) is 13.7. The van der Waals surface area contributed by atoms with Crippen molar-refractivity contribution in [2.24, 2.45) is 0 Å². The van der Waals surface area contributed by atoms with Crippen LogP contribution in [0.5, 0.6) is 11.5 Å². The molecule has 0 aliphatic carbocycles. The van der Waals surface area contributed by atoms with E-state index in [-0.39, 0.29) is 11.5 Å². The monoisotopic (exact) mass is 634 g/mol. The second kappa shape index (κ2) is 18.8. The van der Waals surface area contributed by atoms with Gasteiger partial charge in [0.25, 0.3) is 0 Å². The van der Waals surface area contributed by atoms with Crippen LogP contribution in [0.15, 0.2) is 72.8 Å². The number of amides is 2. The summed E-state index contributed by atoms with van der Waals surface area (Å²) in [6.07, 6.45) is -1.48. The van der Waals surface area contributed by atoms with Gasteiger partial charge in [-0.25, -0.2) is 19.2 Å². The Morgan fingerprint density at radius 2 is 0.848 bits per heavy atom. The number of ether oxygens (including phenoxy) is 4. The first-order valence-corrected chi connectivity index (χ1v) is 15.3. The number of carbonyl (C=O) groups is 4. The van der Waals surface area contributed by atoms with Gasteiger partial charge >= 0.3 is 24.1 Å². The maximum absolute atomic E-state index is 12.3. The van der Waals surface area contributed by atoms with Crippen molar-refractivity contribution in [3.8, 4) is 11.5 Å². The predicted molar refractivity (Wildman–Crippen MR) is 175 cm³/mol. The van der Waals surface area contributed by atoms with E-state index in [1.165, 1.54) is 24.3 Å². The third-order valence-electron chi connectivity index (χ3n) is 7.05. The van der Waals surface area contributed by atoms with Crippen LogP contribution in [0.2, 0.25) is 0 Å². The van der Waals surface area contributed by atoms with Gasteiger partial charge in [-0.2, -0.15) is 0 Å². The Morgan fingerprint density at radius 1 is 0.522 bits per heavy atom. The normalized spacial score (nSPS) is 10.7. The zero-order valence-electron chi connectivity index (χ0n) is 26.7. The molecule has 0 radical (unpaired) electrons. The van der Waals surface area contributed by atoms with Gasteiger partial charge in [-0.1, -0.05) is 27.7 Å². The summed E-state index contributed by atoms with van der Waals surface area (Å²) in [5.41, 5.74) is 1.61. The Labute approximate surface area is 269 Å². The quantitative estimate of drug-likeness (QED) is 0.183. The molecular formula is C34H42N4O8. The number of rotatable bonds is 16. The van der Waals surface area contributed by atoms with Crippen molar-refractivity contribution in [2.45, 2.75) is 27.7 Å². The van der Waals surface area contributed by atoms with E-state index >= 15 is 0 Å². The van der Waals surface area contributed by atoms with Crippen LogP contribution in [0.1, 0.15) is 48.4 Å². The van der Waals surface area contributed by atoms with Crippen LogP contribution in [-0.4, -0.2) is 86.4 Å². The molecule has 0 spiro atoms. The maximum Gasteiger partial charge on any atom is 0.417 e. The van der Waals surface area contributed by atoms with Gasteiger partial charge in [-0.15, -0.1) is 0 Å². The molecule has 0 unspecified atom stereocenters. The number of likely N-dealkylation sites (N-methyl/N-ethyl adjacent to an activating group) is 2. The molecule has 46 heavy (non-hydrogen) atoms. The smallest absolute Gasteiger partial charge is 0.417 e. The van der Waals surface area contributed by atoms with Gasteiger partial charge < -0.3 is 28.7 Å². The molecule has 12 nitrogen and oxygen atoms in total. The van der Waals surface area contributed by atoms with E-state index in [4.69, 9.17) is 18.9 Å². The first-order valence-electron chi connectivity index (χ1n) is 15.3. The standard InChI is InChI=1S/C34H42N4O8/c1-5-37(6-2)21-23-43-31(39)25-9-13-27(14-10-25)35-33(41)45-29-17-19-30(20-18-29)46-34(42)36-28-15-11-26(12-16-28)32(40)44-24-22-38(7-3)8-4/h9-20H,5-8,21-24H2,1-4H3,(H,35,41)(H,36,42). The fourth-order valence-electron chi connectivity index (χ4n) is 4.24. The van der Waals surface area contributed by atoms with Crippen molar-refractivity contribution >= 4 is 35.5 Å². The molecule has 3 aromatic rings. The molecule has 0 saturated carbocycles. The van der Waals surface area contributed by atoms with Crippen LogP contribution in [0.4, 0.5) is 21.0 Å². The van der Waals surface area contributed by atoms with E-state index in [1.54, 1.807) is 48.5 Å². The lowest BCUT2D eigenvalue weighted by Crippen LogP contribution is -2.27. The van der Waals surface area contributed by atoms with Crippen molar-refractivity contribution in [3.63, 3.8) is 0 Å². The second-order valence-electron chi connectivity index (χ2n) is 9.98. The average molecular weight is 635 g/mol. The number of hydrogen-bond donors (Lipinski definition) is 2. The molecule has 12 heteroatoms. The Bertz CT molecular complexity index is 1300. The van der Waals surface area contributed by atoms with Gasteiger partial charge in [-0.05, 0) is 99.0 Å². The summed E-state index contributed by atoms with van der Waals surface area (Å²) in [6, 6.07) is 18.4. The second-order valence-corrected chi connectivity index (χ2v) is 9.98. The van der Waals surface area contributed by atoms with E-state index < -0.39 is 24.1 Å². The molecule has 3 aromatic carbocycles. The van der Waals surface area contributed by atoms with Crippen LogP contribution in [0, 0.1) is 0 Å².